The number of hydrogen-bond donors (Lipinski definition) is 3. The molecule has 0 aliphatic carbocycles. The Bertz CT molecular complexity index is 1010. The van der Waals surface area contributed by atoms with E-state index in [9.17, 15) is 9.59 Å². The highest BCUT2D eigenvalue weighted by molar-refractivity contribution is 7.22. The molecule has 2 heterocycles. The topological polar surface area (TPSA) is 97.1 Å². The summed E-state index contributed by atoms with van der Waals surface area (Å²) in [7, 11) is 0. The summed E-state index contributed by atoms with van der Waals surface area (Å²) in [6.07, 6.45) is 0.185. The molecule has 4 N–H and O–H groups in total. The molecule has 7 heteroatoms. The van der Waals surface area contributed by atoms with Crippen LogP contribution >= 0.6 is 11.3 Å². The predicted molar refractivity (Wildman–Crippen MR) is 98.7 cm³/mol. The van der Waals surface area contributed by atoms with Crippen LogP contribution in [0.5, 0.6) is 0 Å². The highest BCUT2D eigenvalue weighted by Crippen LogP contribution is 2.31. The maximum atomic E-state index is 12.4. The first-order valence-electron chi connectivity index (χ1n) is 7.87. The Morgan fingerprint density at radius 1 is 1.36 bits per heavy atom. The van der Waals surface area contributed by atoms with Gasteiger partial charge < -0.3 is 16.4 Å². The lowest BCUT2D eigenvalue weighted by Gasteiger charge is -2.12. The summed E-state index contributed by atoms with van der Waals surface area (Å²) in [5.74, 6) is -0.288. The van der Waals surface area contributed by atoms with E-state index in [0.717, 1.165) is 21.3 Å². The van der Waals surface area contributed by atoms with Crippen molar-refractivity contribution in [3.8, 4) is 0 Å². The quantitative estimate of drug-likeness (QED) is 0.675. The molecule has 0 radical (unpaired) electrons. The van der Waals surface area contributed by atoms with Gasteiger partial charge in [-0.2, -0.15) is 0 Å². The minimum Gasteiger partial charge on any atom is -0.375 e. The van der Waals surface area contributed by atoms with Gasteiger partial charge in [0.25, 0.3) is 5.91 Å². The number of carbonyl (C=O) groups excluding carboxylic acids is 2. The Morgan fingerprint density at radius 3 is 3.00 bits per heavy atom. The van der Waals surface area contributed by atoms with Crippen LogP contribution in [0.15, 0.2) is 36.4 Å². The standard InChI is InChI=1S/C18H16N4O2S/c1-9-6-10(7-14-16(9)22-18(19)25-14)20-15(23)8-13-11-4-2-3-5-12(11)17(24)21-13/h2-7,13H,8H2,1H3,(H2,19,22)(H,20,23)(H,21,24). The van der Waals surface area contributed by atoms with Crippen LogP contribution in [0.1, 0.15) is 33.9 Å². The van der Waals surface area contributed by atoms with E-state index in [1.54, 1.807) is 6.07 Å². The van der Waals surface area contributed by atoms with Gasteiger partial charge in [-0.05, 0) is 36.2 Å². The lowest BCUT2D eigenvalue weighted by Crippen LogP contribution is -2.24. The van der Waals surface area contributed by atoms with Gasteiger partial charge in [0.05, 0.1) is 22.7 Å². The third-order valence-corrected chi connectivity index (χ3v) is 5.09. The highest BCUT2D eigenvalue weighted by atomic mass is 32.1. The number of aromatic nitrogens is 1. The van der Waals surface area contributed by atoms with Gasteiger partial charge in [0.1, 0.15) is 0 Å². The average Bonchev–Trinajstić information content (AvgIpc) is 3.08. The average molecular weight is 352 g/mol. The summed E-state index contributed by atoms with van der Waals surface area (Å²) in [6.45, 7) is 1.94. The molecule has 0 bridgehead atoms. The van der Waals surface area contributed by atoms with E-state index in [0.29, 0.717) is 16.4 Å². The Morgan fingerprint density at radius 2 is 2.16 bits per heavy atom. The van der Waals surface area contributed by atoms with Crippen molar-refractivity contribution >= 4 is 44.2 Å². The van der Waals surface area contributed by atoms with E-state index >= 15 is 0 Å². The van der Waals surface area contributed by atoms with Crippen molar-refractivity contribution in [3.63, 3.8) is 0 Å². The van der Waals surface area contributed by atoms with Crippen molar-refractivity contribution in [1.29, 1.82) is 0 Å². The van der Waals surface area contributed by atoms with Crippen molar-refractivity contribution < 1.29 is 9.59 Å². The molecular formula is C18H16N4O2S. The van der Waals surface area contributed by atoms with E-state index in [4.69, 9.17) is 5.73 Å². The zero-order valence-electron chi connectivity index (χ0n) is 13.5. The first kappa shape index (κ1) is 15.6. The van der Waals surface area contributed by atoms with Crippen LogP contribution in [-0.2, 0) is 4.79 Å². The molecule has 0 fully saturated rings. The number of benzene rings is 2. The molecule has 1 aliphatic rings. The van der Waals surface area contributed by atoms with Crippen LogP contribution < -0.4 is 16.4 Å². The first-order valence-corrected chi connectivity index (χ1v) is 8.69. The number of rotatable bonds is 3. The van der Waals surface area contributed by atoms with Crippen molar-refractivity contribution in [2.45, 2.75) is 19.4 Å². The van der Waals surface area contributed by atoms with E-state index < -0.39 is 0 Å². The van der Waals surface area contributed by atoms with Gasteiger partial charge in [0.2, 0.25) is 5.91 Å². The normalized spacial score (nSPS) is 15.9. The Hall–Kier alpha value is -2.93. The third-order valence-electron chi connectivity index (χ3n) is 4.26. The summed E-state index contributed by atoms with van der Waals surface area (Å²) in [5, 5.41) is 6.27. The molecule has 25 heavy (non-hydrogen) atoms. The van der Waals surface area contributed by atoms with Crippen molar-refractivity contribution in [2.24, 2.45) is 0 Å². The largest absolute Gasteiger partial charge is 0.375 e. The number of nitrogens with one attached hydrogen (secondary N) is 2. The van der Waals surface area contributed by atoms with Crippen molar-refractivity contribution in [3.05, 3.63) is 53.1 Å². The SMILES string of the molecule is Cc1cc(NC(=O)CC2NC(=O)c3ccccc32)cc2sc(N)nc12. The molecule has 0 saturated heterocycles. The molecule has 0 spiro atoms. The van der Waals surface area contributed by atoms with Crippen molar-refractivity contribution in [1.82, 2.24) is 10.3 Å². The zero-order chi connectivity index (χ0) is 17.6. The van der Waals surface area contributed by atoms with Crippen LogP contribution in [-0.4, -0.2) is 16.8 Å². The summed E-state index contributed by atoms with van der Waals surface area (Å²) in [6, 6.07) is 10.8. The van der Waals surface area contributed by atoms with E-state index in [2.05, 4.69) is 15.6 Å². The molecule has 126 valence electrons. The fraction of sp³-hybridized carbons (Fsp3) is 0.167. The van der Waals surface area contributed by atoms with Crippen LogP contribution in [0, 0.1) is 6.92 Å². The van der Waals surface area contributed by atoms with Crippen LogP contribution in [0.3, 0.4) is 0 Å². The lowest BCUT2D eigenvalue weighted by molar-refractivity contribution is -0.116. The smallest absolute Gasteiger partial charge is 0.252 e. The van der Waals surface area contributed by atoms with Crippen molar-refractivity contribution in [2.75, 3.05) is 11.1 Å². The zero-order valence-corrected chi connectivity index (χ0v) is 14.3. The van der Waals surface area contributed by atoms with Crippen LogP contribution in [0.4, 0.5) is 10.8 Å². The molecular weight excluding hydrogens is 336 g/mol. The van der Waals surface area contributed by atoms with Gasteiger partial charge >= 0.3 is 0 Å². The second kappa shape index (κ2) is 5.86. The Labute approximate surface area is 148 Å². The lowest BCUT2D eigenvalue weighted by atomic mass is 10.0. The van der Waals surface area contributed by atoms with Gasteiger partial charge in [-0.15, -0.1) is 0 Å². The van der Waals surface area contributed by atoms with Crippen LogP contribution in [0.2, 0.25) is 0 Å². The number of nitrogens with zero attached hydrogens (tertiary/aromatic N) is 1. The maximum absolute atomic E-state index is 12.4. The number of nitrogen functional groups attached to an aromatic ring is 1. The number of carbonyl (C=O) groups is 2. The summed E-state index contributed by atoms with van der Waals surface area (Å²) >= 11 is 1.39. The molecule has 4 rings (SSSR count). The Balaban J connectivity index is 1.52. The molecule has 0 saturated carbocycles. The molecule has 1 aromatic heterocycles. The van der Waals surface area contributed by atoms with Gasteiger partial charge in [-0.25, -0.2) is 4.98 Å². The fourth-order valence-electron chi connectivity index (χ4n) is 3.17. The predicted octanol–water partition coefficient (Wildman–Crippen LogP) is 3.00. The number of nitrogens with two attached hydrogens (primary N) is 1. The number of fused-ring (bicyclic) bond motifs is 2. The summed E-state index contributed by atoms with van der Waals surface area (Å²) in [4.78, 5) is 28.7. The van der Waals surface area contributed by atoms with Gasteiger partial charge in [0, 0.05) is 11.3 Å². The van der Waals surface area contributed by atoms with Gasteiger partial charge in [-0.3, -0.25) is 9.59 Å². The maximum Gasteiger partial charge on any atom is 0.252 e. The molecule has 1 aliphatic heterocycles. The van der Waals surface area contributed by atoms with Gasteiger partial charge in [-0.1, -0.05) is 29.5 Å². The minimum atomic E-state index is -0.299. The Kier molecular flexibility index (Phi) is 3.65. The number of aryl methyl sites for hydroxylation is 1. The minimum absolute atomic E-state index is 0.134. The summed E-state index contributed by atoms with van der Waals surface area (Å²) < 4.78 is 0.937. The monoisotopic (exact) mass is 352 g/mol. The molecule has 2 aromatic carbocycles. The molecule has 2 amide bonds. The number of anilines is 2. The molecule has 1 atom stereocenters. The van der Waals surface area contributed by atoms with Crippen LogP contribution in [0.25, 0.3) is 10.2 Å². The van der Waals surface area contributed by atoms with E-state index in [1.165, 1.54) is 11.3 Å². The second-order valence-corrected chi connectivity index (χ2v) is 7.12. The molecule has 6 nitrogen and oxygen atoms in total. The highest BCUT2D eigenvalue weighted by Gasteiger charge is 2.29. The third kappa shape index (κ3) is 2.83. The number of amides is 2. The summed E-state index contributed by atoms with van der Waals surface area (Å²) in [5.41, 5.74) is 9.78. The van der Waals surface area contributed by atoms with E-state index in [-0.39, 0.29) is 24.3 Å². The first-order chi connectivity index (χ1) is 12.0. The van der Waals surface area contributed by atoms with E-state index in [1.807, 2.05) is 37.3 Å². The number of thiazole rings is 1. The molecule has 3 aromatic rings. The fourth-order valence-corrected chi connectivity index (χ4v) is 4.02. The second-order valence-electron chi connectivity index (χ2n) is 6.06. The van der Waals surface area contributed by atoms with Gasteiger partial charge in [0.15, 0.2) is 5.13 Å². The number of hydrogen-bond acceptors (Lipinski definition) is 5. The molecule has 1 unspecified atom stereocenters.